The van der Waals surface area contributed by atoms with Crippen LogP contribution in [-0.4, -0.2) is 17.2 Å². The zero-order chi connectivity index (χ0) is 21.5. The minimum Gasteiger partial charge on any atom is -0.358 e. The van der Waals surface area contributed by atoms with E-state index in [1.165, 1.54) is 0 Å². The summed E-state index contributed by atoms with van der Waals surface area (Å²) >= 11 is 6.01. The zero-order valence-electron chi connectivity index (χ0n) is 15.5. The highest BCUT2D eigenvalue weighted by Crippen LogP contribution is 2.59. The molecule has 0 aliphatic heterocycles. The second kappa shape index (κ2) is 7.32. The molecule has 1 aliphatic rings. The molecule has 1 aromatic carbocycles. The fourth-order valence-electron chi connectivity index (χ4n) is 3.19. The number of hydrogen-bond acceptors (Lipinski definition) is 4. The zero-order valence-corrected chi connectivity index (χ0v) is 16.3. The van der Waals surface area contributed by atoms with Crippen LogP contribution in [0.3, 0.4) is 0 Å². The Hall–Kier alpha value is -3.07. The van der Waals surface area contributed by atoms with Crippen LogP contribution in [-0.2, 0) is 16.6 Å². The van der Waals surface area contributed by atoms with E-state index < -0.39 is 17.5 Å². The lowest BCUT2D eigenvalue weighted by atomic mass is 10.0. The van der Waals surface area contributed by atoms with Crippen LogP contribution in [0.4, 0.5) is 24.8 Å². The summed E-state index contributed by atoms with van der Waals surface area (Å²) in [6, 6.07) is 10.1. The second-order valence-corrected chi connectivity index (χ2v) is 7.64. The van der Waals surface area contributed by atoms with E-state index in [2.05, 4.69) is 15.5 Å². The summed E-state index contributed by atoms with van der Waals surface area (Å²) in [5.41, 5.74) is 6.12. The van der Waals surface area contributed by atoms with E-state index in [1.54, 1.807) is 24.4 Å². The van der Waals surface area contributed by atoms with E-state index >= 15 is 0 Å². The molecule has 0 saturated heterocycles. The summed E-state index contributed by atoms with van der Waals surface area (Å²) in [6.45, 7) is 0. The summed E-state index contributed by atoms with van der Waals surface area (Å²) in [7, 11) is 0. The van der Waals surface area contributed by atoms with E-state index in [0.717, 1.165) is 22.8 Å². The van der Waals surface area contributed by atoms with Crippen molar-refractivity contribution in [1.29, 1.82) is 0 Å². The Kier molecular flexibility index (Phi) is 4.93. The number of hydrogen-bond donors (Lipinski definition) is 2. The number of H-pyrrole nitrogens is 1. The topological polar surface area (TPSA) is 95.3 Å². The quantitative estimate of drug-likeness (QED) is 0.626. The van der Waals surface area contributed by atoms with Gasteiger partial charge in [-0.25, -0.2) is 4.98 Å². The maximum atomic E-state index is 13.1. The van der Waals surface area contributed by atoms with Crippen LogP contribution in [0.1, 0.15) is 24.2 Å². The van der Waals surface area contributed by atoms with E-state index in [0.29, 0.717) is 10.8 Å². The van der Waals surface area contributed by atoms with Gasteiger partial charge in [-0.05, 0) is 30.0 Å². The first-order valence-corrected chi connectivity index (χ1v) is 9.45. The Morgan fingerprint density at radius 2 is 1.93 bits per heavy atom. The number of rotatable bonds is 5. The van der Waals surface area contributed by atoms with Gasteiger partial charge >= 0.3 is 6.18 Å². The predicted molar refractivity (Wildman–Crippen MR) is 104 cm³/mol. The van der Waals surface area contributed by atoms with Gasteiger partial charge in [0.05, 0.1) is 12.6 Å². The number of carbonyl (C=O) groups is 1. The molecule has 156 valence electrons. The molecule has 0 radical (unpaired) electrons. The highest BCUT2D eigenvalue weighted by Gasteiger charge is 2.66. The highest BCUT2D eigenvalue weighted by atomic mass is 35.5. The predicted octanol–water partition coefficient (Wildman–Crippen LogP) is 4.17. The standard InChI is InChI=1S/C20H16ClF3N4O2/c21-14-8-13(10-26-18(14)25)12-3-1-11(2-4-12)7-17(29)27-16-9-15(30-28-16)19(5-6-19)20(22,23)24/h1-4,8-10H,5-7H2,(H2,25,26)(H,27,28,29)/p+1. The van der Waals surface area contributed by atoms with Gasteiger partial charge in [0.1, 0.15) is 10.4 Å². The first-order chi connectivity index (χ1) is 14.2. The number of anilines is 2. The first kappa shape index (κ1) is 20.2. The Bertz CT molecular complexity index is 1090. The van der Waals surface area contributed by atoms with Gasteiger partial charge in [-0.15, -0.1) is 0 Å². The molecule has 1 amide bonds. The van der Waals surface area contributed by atoms with Crippen LogP contribution in [0.15, 0.2) is 47.1 Å². The van der Waals surface area contributed by atoms with Crippen LogP contribution in [0.2, 0.25) is 5.02 Å². The van der Waals surface area contributed by atoms with Gasteiger partial charge < -0.3 is 9.84 Å². The monoisotopic (exact) mass is 437 g/mol. The Morgan fingerprint density at radius 3 is 2.53 bits per heavy atom. The minimum atomic E-state index is -4.40. The number of halogens is 4. The number of aromatic nitrogens is 2. The Balaban J connectivity index is 1.39. The van der Waals surface area contributed by atoms with Gasteiger partial charge in [0.15, 0.2) is 11.6 Å². The molecule has 30 heavy (non-hydrogen) atoms. The van der Waals surface area contributed by atoms with Crippen molar-refractivity contribution in [3.8, 4) is 11.1 Å². The third kappa shape index (κ3) is 3.85. The highest BCUT2D eigenvalue weighted by molar-refractivity contribution is 6.32. The lowest BCUT2D eigenvalue weighted by molar-refractivity contribution is -0.359. The number of nitrogen functional groups attached to an aromatic ring is 1. The van der Waals surface area contributed by atoms with Crippen molar-refractivity contribution in [2.75, 3.05) is 11.1 Å². The molecule has 6 nitrogen and oxygen atoms in total. The molecule has 3 aromatic rings. The number of pyridine rings is 1. The second-order valence-electron chi connectivity index (χ2n) is 7.23. The lowest BCUT2D eigenvalue weighted by Gasteiger charge is -2.14. The van der Waals surface area contributed by atoms with Gasteiger partial charge in [-0.2, -0.15) is 13.2 Å². The first-order valence-electron chi connectivity index (χ1n) is 9.08. The van der Waals surface area contributed by atoms with Crippen LogP contribution >= 0.6 is 11.6 Å². The van der Waals surface area contributed by atoms with Crippen molar-refractivity contribution in [3.63, 3.8) is 0 Å². The van der Waals surface area contributed by atoms with E-state index in [9.17, 15) is 18.0 Å². The van der Waals surface area contributed by atoms with Crippen molar-refractivity contribution in [1.82, 2.24) is 5.16 Å². The summed E-state index contributed by atoms with van der Waals surface area (Å²) in [4.78, 5) is 15.1. The number of nitrogens with two attached hydrogens (primary N) is 1. The number of carbonyl (C=O) groups excluding carboxylic acids is 1. The van der Waals surface area contributed by atoms with Gasteiger partial charge in [0, 0.05) is 11.6 Å². The molecule has 10 heteroatoms. The summed E-state index contributed by atoms with van der Waals surface area (Å²) in [6.07, 6.45) is -2.73. The molecule has 0 bridgehead atoms. The van der Waals surface area contributed by atoms with Crippen LogP contribution in [0.5, 0.6) is 0 Å². The fourth-order valence-corrected chi connectivity index (χ4v) is 3.36. The normalized spacial score (nSPS) is 15.1. The summed E-state index contributed by atoms with van der Waals surface area (Å²) in [5, 5.41) is 6.43. The van der Waals surface area contributed by atoms with E-state index in [-0.39, 0.29) is 30.8 Å². The van der Waals surface area contributed by atoms with Crippen molar-refractivity contribution >= 4 is 29.1 Å². The fraction of sp³-hybridized carbons (Fsp3) is 0.250. The molecule has 4 rings (SSSR count). The van der Waals surface area contributed by atoms with Gasteiger partial charge in [-0.1, -0.05) is 41.0 Å². The van der Waals surface area contributed by atoms with Crippen LogP contribution < -0.4 is 16.0 Å². The van der Waals surface area contributed by atoms with Gasteiger partial charge in [0.25, 0.3) is 5.82 Å². The lowest BCUT2D eigenvalue weighted by Crippen LogP contribution is -2.28. The number of aromatic amines is 1. The third-order valence-corrected chi connectivity index (χ3v) is 5.43. The van der Waals surface area contributed by atoms with Crippen molar-refractivity contribution in [2.24, 2.45) is 0 Å². The van der Waals surface area contributed by atoms with Crippen molar-refractivity contribution in [2.45, 2.75) is 30.9 Å². The number of nitrogens with zero attached hydrogens (tertiary/aromatic N) is 1. The molecular formula is C20H17ClF3N4O2+. The largest absolute Gasteiger partial charge is 0.401 e. The molecule has 0 atom stereocenters. The third-order valence-electron chi connectivity index (χ3n) is 5.12. The van der Waals surface area contributed by atoms with Gasteiger partial charge in [-0.3, -0.25) is 10.5 Å². The SMILES string of the molecule is Nc1[nH+]cc(-c2ccc(CC(=O)Nc3cc(C4(C(F)(F)F)CC4)on3)cc2)cc1Cl. The molecule has 2 aromatic heterocycles. The molecule has 2 heterocycles. The van der Waals surface area contributed by atoms with E-state index in [4.69, 9.17) is 21.9 Å². The van der Waals surface area contributed by atoms with Crippen LogP contribution in [0.25, 0.3) is 11.1 Å². The minimum absolute atomic E-state index is 0.0293. The van der Waals surface area contributed by atoms with Crippen molar-refractivity contribution < 1.29 is 27.5 Å². The smallest absolute Gasteiger partial charge is 0.358 e. The molecule has 1 aliphatic carbocycles. The summed E-state index contributed by atoms with van der Waals surface area (Å²) < 4.78 is 44.3. The molecule has 1 fully saturated rings. The number of alkyl halides is 3. The molecule has 0 unspecified atom stereocenters. The Morgan fingerprint density at radius 1 is 1.23 bits per heavy atom. The average Bonchev–Trinajstić information content (AvgIpc) is 3.39. The molecule has 1 saturated carbocycles. The maximum Gasteiger partial charge on any atom is 0.401 e. The summed E-state index contributed by atoms with van der Waals surface area (Å²) in [5.74, 6) is -0.348. The number of nitrogens with one attached hydrogen (secondary N) is 2. The Labute approximate surface area is 174 Å². The number of benzene rings is 1. The maximum absolute atomic E-state index is 13.1. The molecular weight excluding hydrogens is 421 g/mol. The average molecular weight is 438 g/mol. The van der Waals surface area contributed by atoms with Crippen molar-refractivity contribution in [3.05, 3.63) is 58.9 Å². The van der Waals surface area contributed by atoms with E-state index in [1.807, 2.05) is 12.1 Å². The van der Waals surface area contributed by atoms with Gasteiger partial charge in [0.2, 0.25) is 5.91 Å². The molecule has 4 N–H and O–H groups in total. The molecule has 0 spiro atoms. The van der Waals surface area contributed by atoms with Crippen LogP contribution in [0, 0.1) is 0 Å². The number of amides is 1.